The van der Waals surface area contributed by atoms with Crippen molar-refractivity contribution in [2.24, 2.45) is 23.7 Å². The van der Waals surface area contributed by atoms with Gasteiger partial charge in [-0.05, 0) is 68.6 Å². The molecule has 2 aliphatic rings. The fourth-order valence-electron chi connectivity index (χ4n) is 4.32. The highest BCUT2D eigenvalue weighted by Crippen LogP contribution is 2.33. The Hall–Kier alpha value is -0.520. The summed E-state index contributed by atoms with van der Waals surface area (Å²) in [7, 11) is 0. The van der Waals surface area contributed by atoms with Crippen LogP contribution in [-0.4, -0.2) is 0 Å². The third-order valence-electron chi connectivity index (χ3n) is 5.90. The van der Waals surface area contributed by atoms with Crippen LogP contribution < -0.4 is 0 Å². The van der Waals surface area contributed by atoms with E-state index in [1.165, 1.54) is 77.0 Å². The maximum Gasteiger partial charge on any atom is -0.00531 e. The summed E-state index contributed by atoms with van der Waals surface area (Å²) in [5.41, 5.74) is 0. The summed E-state index contributed by atoms with van der Waals surface area (Å²) >= 11 is 0. The Kier molecular flexibility index (Phi) is 8.34. The molecular weight excluding hydrogens is 264 g/mol. The Labute approximate surface area is 139 Å². The summed E-state index contributed by atoms with van der Waals surface area (Å²) in [6, 6.07) is 0. The van der Waals surface area contributed by atoms with Gasteiger partial charge in [0, 0.05) is 0 Å². The topological polar surface area (TPSA) is 0 Å². The molecular formula is C22H38. The minimum Gasteiger partial charge on any atom is -0.0848 e. The van der Waals surface area contributed by atoms with Crippen molar-refractivity contribution >= 4 is 0 Å². The van der Waals surface area contributed by atoms with E-state index in [0.717, 1.165) is 23.7 Å². The molecule has 0 aromatic heterocycles. The van der Waals surface area contributed by atoms with Crippen molar-refractivity contribution in [2.45, 2.75) is 90.9 Å². The Morgan fingerprint density at radius 1 is 0.773 bits per heavy atom. The van der Waals surface area contributed by atoms with Crippen LogP contribution in [0.1, 0.15) is 90.9 Å². The van der Waals surface area contributed by atoms with Gasteiger partial charge in [0.15, 0.2) is 0 Å². The highest BCUT2D eigenvalue weighted by molar-refractivity contribution is 5.07. The van der Waals surface area contributed by atoms with Crippen LogP contribution in [0.25, 0.3) is 0 Å². The normalized spacial score (nSPS) is 32.6. The lowest BCUT2D eigenvalue weighted by Gasteiger charge is -2.27. The van der Waals surface area contributed by atoms with E-state index in [1.54, 1.807) is 0 Å². The smallest absolute Gasteiger partial charge is 0.00531 e. The van der Waals surface area contributed by atoms with Gasteiger partial charge < -0.3 is 0 Å². The molecule has 22 heavy (non-hydrogen) atoms. The maximum absolute atomic E-state index is 2.57. The molecule has 0 heterocycles. The van der Waals surface area contributed by atoms with E-state index in [9.17, 15) is 0 Å². The predicted octanol–water partition coefficient (Wildman–Crippen LogP) is 7.31. The summed E-state index contributed by atoms with van der Waals surface area (Å²) in [5, 5.41) is 0. The average Bonchev–Trinajstić information content (AvgIpc) is 2.56. The number of hydrogen-bond donors (Lipinski definition) is 0. The second-order valence-electron chi connectivity index (χ2n) is 7.84. The molecule has 0 aliphatic heterocycles. The quantitative estimate of drug-likeness (QED) is 0.325. The molecule has 1 saturated carbocycles. The molecule has 0 N–H and O–H groups in total. The first-order chi connectivity index (χ1) is 10.8. The number of hydrogen-bond acceptors (Lipinski definition) is 0. The molecule has 0 aromatic carbocycles. The van der Waals surface area contributed by atoms with Crippen molar-refractivity contribution < 1.29 is 0 Å². The lowest BCUT2D eigenvalue weighted by Crippen LogP contribution is -2.13. The van der Waals surface area contributed by atoms with E-state index in [1.807, 2.05) is 0 Å². The Morgan fingerprint density at radius 2 is 1.59 bits per heavy atom. The molecule has 0 saturated heterocycles. The molecule has 0 aromatic rings. The number of unbranched alkanes of at least 4 members (excludes halogenated alkanes) is 2. The van der Waals surface area contributed by atoms with Gasteiger partial charge in [0.25, 0.3) is 0 Å². The minimum absolute atomic E-state index is 0.732. The molecule has 2 unspecified atom stereocenters. The predicted molar refractivity (Wildman–Crippen MR) is 99.0 cm³/mol. The molecule has 0 nitrogen and oxygen atoms in total. The van der Waals surface area contributed by atoms with Gasteiger partial charge in [-0.3, -0.25) is 0 Å². The third kappa shape index (κ3) is 6.31. The Bertz CT molecular complexity index is 330. The SMILES string of the molecule is CCCCCC1CCC(/C=C/C2C=CC(CCC)CC2)CC1. The molecule has 126 valence electrons. The summed E-state index contributed by atoms with van der Waals surface area (Å²) in [6.45, 7) is 4.62. The monoisotopic (exact) mass is 302 g/mol. The summed E-state index contributed by atoms with van der Waals surface area (Å²) in [5.74, 6) is 3.52. The fourth-order valence-corrected chi connectivity index (χ4v) is 4.32. The summed E-state index contributed by atoms with van der Waals surface area (Å²) < 4.78 is 0. The van der Waals surface area contributed by atoms with Gasteiger partial charge in [-0.25, -0.2) is 0 Å². The van der Waals surface area contributed by atoms with Gasteiger partial charge in [-0.2, -0.15) is 0 Å². The third-order valence-corrected chi connectivity index (χ3v) is 5.90. The molecule has 2 aliphatic carbocycles. The molecule has 0 radical (unpaired) electrons. The molecule has 2 atom stereocenters. The number of rotatable bonds is 8. The van der Waals surface area contributed by atoms with Crippen molar-refractivity contribution in [1.82, 2.24) is 0 Å². The van der Waals surface area contributed by atoms with Crippen LogP contribution >= 0.6 is 0 Å². The van der Waals surface area contributed by atoms with E-state index in [2.05, 4.69) is 38.2 Å². The van der Waals surface area contributed by atoms with Crippen molar-refractivity contribution in [3.63, 3.8) is 0 Å². The standard InChI is InChI=1S/C22H38/c1-3-5-6-8-20-11-15-22(16-12-20)18-17-21-13-9-19(7-4-2)10-14-21/h9,13,17-22H,3-8,10-12,14-16H2,1-2H3/b18-17+. The summed E-state index contributed by atoms with van der Waals surface area (Å²) in [4.78, 5) is 0. The van der Waals surface area contributed by atoms with E-state index in [4.69, 9.17) is 0 Å². The van der Waals surface area contributed by atoms with E-state index < -0.39 is 0 Å². The zero-order chi connectivity index (χ0) is 15.6. The van der Waals surface area contributed by atoms with E-state index in [-0.39, 0.29) is 0 Å². The van der Waals surface area contributed by atoms with Gasteiger partial charge in [-0.1, -0.05) is 70.3 Å². The number of allylic oxidation sites excluding steroid dienone is 4. The van der Waals surface area contributed by atoms with Crippen LogP contribution in [0.15, 0.2) is 24.3 Å². The average molecular weight is 303 g/mol. The van der Waals surface area contributed by atoms with Crippen LogP contribution in [-0.2, 0) is 0 Å². The first kappa shape index (κ1) is 17.8. The van der Waals surface area contributed by atoms with Gasteiger partial charge in [0.2, 0.25) is 0 Å². The lowest BCUT2D eigenvalue weighted by atomic mass is 9.79. The Balaban J connectivity index is 1.64. The van der Waals surface area contributed by atoms with Crippen molar-refractivity contribution in [2.75, 3.05) is 0 Å². The fraction of sp³-hybridized carbons (Fsp3) is 0.818. The molecule has 0 heteroatoms. The van der Waals surface area contributed by atoms with Crippen molar-refractivity contribution in [3.05, 3.63) is 24.3 Å². The zero-order valence-electron chi connectivity index (χ0n) is 15.1. The maximum atomic E-state index is 2.57. The molecule has 0 bridgehead atoms. The van der Waals surface area contributed by atoms with Crippen LogP contribution in [0.3, 0.4) is 0 Å². The first-order valence-corrected chi connectivity index (χ1v) is 10.2. The van der Waals surface area contributed by atoms with Crippen LogP contribution in [0.2, 0.25) is 0 Å². The highest BCUT2D eigenvalue weighted by atomic mass is 14.2. The molecule has 0 amide bonds. The van der Waals surface area contributed by atoms with Crippen LogP contribution in [0, 0.1) is 23.7 Å². The highest BCUT2D eigenvalue weighted by Gasteiger charge is 2.19. The zero-order valence-corrected chi connectivity index (χ0v) is 15.1. The molecule has 1 fully saturated rings. The van der Waals surface area contributed by atoms with Gasteiger partial charge >= 0.3 is 0 Å². The second-order valence-corrected chi connectivity index (χ2v) is 7.84. The largest absolute Gasteiger partial charge is 0.0848 e. The van der Waals surface area contributed by atoms with E-state index in [0.29, 0.717) is 0 Å². The first-order valence-electron chi connectivity index (χ1n) is 10.2. The second kappa shape index (κ2) is 10.3. The van der Waals surface area contributed by atoms with Crippen LogP contribution in [0.5, 0.6) is 0 Å². The van der Waals surface area contributed by atoms with Gasteiger partial charge in [0.1, 0.15) is 0 Å². The van der Waals surface area contributed by atoms with Crippen molar-refractivity contribution in [3.8, 4) is 0 Å². The lowest BCUT2D eigenvalue weighted by molar-refractivity contribution is 0.288. The summed E-state index contributed by atoms with van der Waals surface area (Å²) in [6.07, 6.45) is 27.2. The van der Waals surface area contributed by atoms with Gasteiger partial charge in [0.05, 0.1) is 0 Å². The van der Waals surface area contributed by atoms with Gasteiger partial charge in [-0.15, -0.1) is 0 Å². The molecule has 0 spiro atoms. The van der Waals surface area contributed by atoms with Crippen LogP contribution in [0.4, 0.5) is 0 Å². The minimum atomic E-state index is 0.732. The van der Waals surface area contributed by atoms with E-state index >= 15 is 0 Å². The van der Waals surface area contributed by atoms with Crippen molar-refractivity contribution in [1.29, 1.82) is 0 Å². The molecule has 2 rings (SSSR count). The Morgan fingerprint density at radius 3 is 2.23 bits per heavy atom.